The topological polar surface area (TPSA) is 118 Å². The first kappa shape index (κ1) is 26.5. The fraction of sp³-hybridized carbons (Fsp3) is 0.0968. The van der Waals surface area contributed by atoms with Crippen LogP contribution < -0.4 is 0 Å². The fourth-order valence-electron chi connectivity index (χ4n) is 4.52. The molecule has 5 rings (SSSR count). The molecule has 0 amide bonds. The molecule has 8 heteroatoms. The van der Waals surface area contributed by atoms with E-state index in [2.05, 4.69) is 117 Å². The molecule has 0 atom stereocenters. The maximum Gasteiger partial charge on any atom is 0.279 e. The Morgan fingerprint density at radius 3 is 0.897 bits per heavy atom. The Labute approximate surface area is 223 Å². The van der Waals surface area contributed by atoms with Crippen LogP contribution in [0, 0.1) is 0 Å². The summed E-state index contributed by atoms with van der Waals surface area (Å²) in [6, 6.07) is 34.9. The summed E-state index contributed by atoms with van der Waals surface area (Å²) in [6.07, 6.45) is 4.27. The molecular weight excluding hydrogens is 492 g/mol. The van der Waals surface area contributed by atoms with Gasteiger partial charge >= 0.3 is 0 Å². The lowest BCUT2D eigenvalue weighted by atomic mass is 9.81. The van der Waals surface area contributed by atoms with Gasteiger partial charge in [0.15, 0.2) is 0 Å². The molecule has 0 fully saturated rings. The van der Waals surface area contributed by atoms with Gasteiger partial charge < -0.3 is 0 Å². The Morgan fingerprint density at radius 1 is 0.436 bits per heavy atom. The van der Waals surface area contributed by atoms with Crippen molar-refractivity contribution in [2.45, 2.75) is 12.2 Å². The molecule has 8 nitrogen and oxygen atoms in total. The zero-order valence-corrected chi connectivity index (χ0v) is 20.6. The van der Waals surface area contributed by atoms with Crippen LogP contribution in [0.15, 0.2) is 117 Å². The molecule has 0 unspecified atom stereocenters. The highest BCUT2D eigenvalue weighted by atomic mass is 16.1. The maximum absolute atomic E-state index is 10.0. The predicted molar refractivity (Wildman–Crippen MR) is 146 cm³/mol. The van der Waals surface area contributed by atoms with E-state index in [0.29, 0.717) is 0 Å². The third-order valence-electron chi connectivity index (χ3n) is 6.17. The van der Waals surface area contributed by atoms with Crippen LogP contribution in [0.1, 0.15) is 6.42 Å². The van der Waals surface area contributed by atoms with Gasteiger partial charge in [0, 0.05) is 6.42 Å². The molecule has 4 aromatic rings. The summed E-state index contributed by atoms with van der Waals surface area (Å²) in [5, 5.41) is 0. The number of fused-ring (bicyclic) bond motifs is 8. The third-order valence-corrected chi connectivity index (χ3v) is 6.17. The van der Waals surface area contributed by atoms with Crippen LogP contribution in [-0.4, -0.2) is 36.7 Å². The van der Waals surface area contributed by atoms with E-state index < -0.39 is 5.79 Å². The fourth-order valence-corrected chi connectivity index (χ4v) is 4.52. The molecule has 1 aliphatic rings. The zero-order valence-electron chi connectivity index (χ0n) is 20.6. The Balaban J connectivity index is 0.000000206. The molecule has 0 N–H and O–H groups in total. The molecule has 0 radical (unpaired) electrons. The van der Waals surface area contributed by atoms with Gasteiger partial charge in [-0.1, -0.05) is 97.1 Å². The van der Waals surface area contributed by atoms with Crippen molar-refractivity contribution in [3.8, 4) is 44.5 Å². The van der Waals surface area contributed by atoms with E-state index in [1.165, 1.54) is 50.6 Å². The summed E-state index contributed by atoms with van der Waals surface area (Å²) in [5.74, 6) is -1.97. The number of carbonyl (C=O) groups excluding carboxylic acids is 4. The number of nitrogens with zero attached hydrogens (tertiary/aromatic N) is 4. The van der Waals surface area contributed by atoms with Crippen molar-refractivity contribution in [1.82, 2.24) is 0 Å². The highest BCUT2D eigenvalue weighted by Crippen LogP contribution is 2.47. The molecule has 39 heavy (non-hydrogen) atoms. The summed E-state index contributed by atoms with van der Waals surface area (Å²) in [7, 11) is 0. The van der Waals surface area contributed by atoms with Crippen molar-refractivity contribution in [2.24, 2.45) is 20.0 Å². The summed E-state index contributed by atoms with van der Waals surface area (Å²) >= 11 is 0. The van der Waals surface area contributed by atoms with E-state index in [-0.39, 0.29) is 13.0 Å². The van der Waals surface area contributed by atoms with Gasteiger partial charge in [0.2, 0.25) is 24.3 Å². The number of rotatable bonds is 6. The number of hydrogen-bond acceptors (Lipinski definition) is 8. The first-order valence-corrected chi connectivity index (χ1v) is 11.9. The van der Waals surface area contributed by atoms with E-state index >= 15 is 0 Å². The normalized spacial score (nSPS) is 11.5. The lowest BCUT2D eigenvalue weighted by molar-refractivity contribution is 0.425. The van der Waals surface area contributed by atoms with Gasteiger partial charge in [0.1, 0.15) is 0 Å². The SMILES string of the molecule is O=C=NCCC(N=C=O)(N=C=O)N=C=O.c1ccc2c(c1)-c1ccccc1-c1ccccc1-c1ccccc1-2. The molecule has 0 heterocycles. The van der Waals surface area contributed by atoms with Crippen LogP contribution in [0.5, 0.6) is 0 Å². The molecule has 1 aliphatic carbocycles. The third kappa shape index (κ3) is 5.71. The molecule has 0 spiro atoms. The van der Waals surface area contributed by atoms with Crippen molar-refractivity contribution < 1.29 is 19.2 Å². The number of aliphatic imine (C=N–C) groups is 4. The molecule has 0 saturated carbocycles. The van der Waals surface area contributed by atoms with Crippen molar-refractivity contribution in [3.05, 3.63) is 97.1 Å². The number of isocyanates is 4. The lowest BCUT2D eigenvalue weighted by Gasteiger charge is -2.22. The minimum Gasteiger partial charge on any atom is -0.211 e. The quantitative estimate of drug-likeness (QED) is 0.203. The van der Waals surface area contributed by atoms with Crippen LogP contribution >= 0.6 is 0 Å². The first-order valence-electron chi connectivity index (χ1n) is 11.9. The standard InChI is InChI=1S/C24H16.C7H4N4O4/c1-2-10-18-17(9-1)19-11-3-4-13-21(19)23-15-7-8-16-24(23)22-14-6-5-12-20(18)22;12-3-8-2-1-7(9-4-13,10-5-14)11-6-15/h1-16H;1-2H2. The average molecular weight is 513 g/mol. The molecule has 0 saturated heterocycles. The van der Waals surface area contributed by atoms with Gasteiger partial charge in [-0.25, -0.2) is 24.2 Å². The second-order valence-electron chi connectivity index (χ2n) is 8.29. The van der Waals surface area contributed by atoms with Crippen LogP contribution in [0.3, 0.4) is 0 Å². The maximum atomic E-state index is 10.0. The van der Waals surface area contributed by atoms with Gasteiger partial charge in [-0.3, -0.25) is 0 Å². The second kappa shape index (κ2) is 12.6. The van der Waals surface area contributed by atoms with Gasteiger partial charge in [-0.15, -0.1) is 0 Å². The summed E-state index contributed by atoms with van der Waals surface area (Å²) < 4.78 is 0. The van der Waals surface area contributed by atoms with Gasteiger partial charge in [-0.05, 0) is 44.5 Å². The summed E-state index contributed by atoms with van der Waals surface area (Å²) in [5.41, 5.74) is 10.4. The van der Waals surface area contributed by atoms with Gasteiger partial charge in [-0.2, -0.15) is 15.0 Å². The van der Waals surface area contributed by atoms with Gasteiger partial charge in [0.25, 0.3) is 5.79 Å². The number of benzene rings is 4. The van der Waals surface area contributed by atoms with Crippen molar-refractivity contribution in [3.63, 3.8) is 0 Å². The van der Waals surface area contributed by atoms with E-state index in [1.54, 1.807) is 0 Å². The highest BCUT2D eigenvalue weighted by Gasteiger charge is 2.28. The van der Waals surface area contributed by atoms with E-state index in [9.17, 15) is 19.2 Å². The first-order chi connectivity index (χ1) is 19.2. The Bertz CT molecular complexity index is 1370. The van der Waals surface area contributed by atoms with Crippen LogP contribution in [0.2, 0.25) is 0 Å². The molecule has 0 bridgehead atoms. The van der Waals surface area contributed by atoms with E-state index in [0.717, 1.165) is 18.2 Å². The largest absolute Gasteiger partial charge is 0.279 e. The monoisotopic (exact) mass is 512 g/mol. The number of hydrogen-bond donors (Lipinski definition) is 0. The smallest absolute Gasteiger partial charge is 0.211 e. The molecule has 188 valence electrons. The van der Waals surface area contributed by atoms with E-state index in [4.69, 9.17) is 0 Å². The highest BCUT2D eigenvalue weighted by molar-refractivity contribution is 6.02. The minimum atomic E-state index is -1.97. The molecule has 4 aromatic carbocycles. The Kier molecular flexibility index (Phi) is 8.53. The van der Waals surface area contributed by atoms with Crippen LogP contribution in [0.25, 0.3) is 44.5 Å². The Morgan fingerprint density at radius 2 is 0.692 bits per heavy atom. The average Bonchev–Trinajstić information content (AvgIpc) is 2.97. The summed E-state index contributed by atoms with van der Waals surface area (Å²) in [6.45, 7) is -0.162. The molecular formula is C31H20N4O4. The second-order valence-corrected chi connectivity index (χ2v) is 8.29. The Hall–Kier alpha value is -5.60. The summed E-state index contributed by atoms with van der Waals surface area (Å²) in [4.78, 5) is 52.1. The van der Waals surface area contributed by atoms with Crippen LogP contribution in [0.4, 0.5) is 0 Å². The molecule has 0 aliphatic heterocycles. The van der Waals surface area contributed by atoms with E-state index in [1.807, 2.05) is 0 Å². The molecule has 0 aromatic heterocycles. The van der Waals surface area contributed by atoms with Crippen LogP contribution in [-0.2, 0) is 19.2 Å². The minimum absolute atomic E-state index is 0.162. The van der Waals surface area contributed by atoms with Crippen molar-refractivity contribution >= 4 is 24.3 Å². The lowest BCUT2D eigenvalue weighted by Crippen LogP contribution is -2.21. The van der Waals surface area contributed by atoms with Crippen molar-refractivity contribution in [2.75, 3.05) is 6.54 Å². The van der Waals surface area contributed by atoms with Gasteiger partial charge in [0.05, 0.1) is 6.54 Å². The zero-order chi connectivity index (χ0) is 27.5. The van der Waals surface area contributed by atoms with Crippen molar-refractivity contribution in [1.29, 1.82) is 0 Å². The predicted octanol–water partition coefficient (Wildman–Crippen LogP) is 6.04.